The van der Waals surface area contributed by atoms with Gasteiger partial charge in [-0.25, -0.2) is 0 Å². The quantitative estimate of drug-likeness (QED) is 0.662. The van der Waals surface area contributed by atoms with E-state index in [-0.39, 0.29) is 22.8 Å². The van der Waals surface area contributed by atoms with Gasteiger partial charge in [0.15, 0.2) is 0 Å². The predicted octanol–water partition coefficient (Wildman–Crippen LogP) is 2.39. The lowest BCUT2D eigenvalue weighted by Gasteiger charge is -2.06. The summed E-state index contributed by atoms with van der Waals surface area (Å²) in [4.78, 5) is 22.0. The number of hydrogen-bond acceptors (Lipinski definition) is 3. The van der Waals surface area contributed by atoms with Crippen molar-refractivity contribution in [2.75, 3.05) is 6.54 Å². The Hall–Kier alpha value is -1.88. The van der Waals surface area contributed by atoms with Crippen molar-refractivity contribution in [3.05, 3.63) is 51.1 Å². The highest BCUT2D eigenvalue weighted by atomic mass is 35.5. The fourth-order valence-corrected chi connectivity index (χ4v) is 1.42. The average Bonchev–Trinajstić information content (AvgIpc) is 2.24. The average molecular weight is 255 g/mol. The van der Waals surface area contributed by atoms with Crippen molar-refractivity contribution in [3.8, 4) is 0 Å². The number of aryl methyl sites for hydroxylation is 1. The molecular weight excluding hydrogens is 244 g/mol. The van der Waals surface area contributed by atoms with E-state index in [2.05, 4.69) is 11.9 Å². The molecule has 0 aromatic heterocycles. The van der Waals surface area contributed by atoms with Gasteiger partial charge in [-0.15, -0.1) is 0 Å². The highest BCUT2D eigenvalue weighted by Gasteiger charge is 2.21. The van der Waals surface area contributed by atoms with Gasteiger partial charge in [0.2, 0.25) is 0 Å². The van der Waals surface area contributed by atoms with Gasteiger partial charge >= 0.3 is 0 Å². The Kier molecular flexibility index (Phi) is 4.23. The number of carbonyl (C=O) groups is 1. The Labute approximate surface area is 103 Å². The summed E-state index contributed by atoms with van der Waals surface area (Å²) >= 11 is 5.50. The van der Waals surface area contributed by atoms with Gasteiger partial charge in [-0.1, -0.05) is 30.3 Å². The van der Waals surface area contributed by atoms with Gasteiger partial charge in [0.05, 0.1) is 11.5 Å². The molecule has 1 rings (SSSR count). The molecule has 1 aromatic carbocycles. The number of amides is 1. The largest absolute Gasteiger partial charge is 0.347 e. The molecule has 0 saturated heterocycles. The second-order valence-corrected chi connectivity index (χ2v) is 3.96. The maximum atomic E-state index is 11.7. The van der Waals surface area contributed by atoms with E-state index in [9.17, 15) is 14.9 Å². The summed E-state index contributed by atoms with van der Waals surface area (Å²) in [6, 6.07) is 4.57. The van der Waals surface area contributed by atoms with Crippen molar-refractivity contribution >= 4 is 23.2 Å². The molecule has 0 aliphatic heterocycles. The molecular formula is C11H11ClN2O3. The Bertz CT molecular complexity index is 486. The molecule has 0 aliphatic rings. The van der Waals surface area contributed by atoms with Gasteiger partial charge in [-0.3, -0.25) is 14.9 Å². The Morgan fingerprint density at radius 2 is 2.24 bits per heavy atom. The number of para-hydroxylation sites is 1. The molecule has 17 heavy (non-hydrogen) atoms. The van der Waals surface area contributed by atoms with Crippen molar-refractivity contribution in [3.63, 3.8) is 0 Å². The van der Waals surface area contributed by atoms with E-state index < -0.39 is 10.8 Å². The number of rotatable bonds is 4. The van der Waals surface area contributed by atoms with Crippen molar-refractivity contribution in [2.45, 2.75) is 6.92 Å². The predicted molar refractivity (Wildman–Crippen MR) is 65.2 cm³/mol. The van der Waals surface area contributed by atoms with Gasteiger partial charge in [0.25, 0.3) is 11.6 Å². The molecule has 1 N–H and O–H groups in total. The summed E-state index contributed by atoms with van der Waals surface area (Å²) in [5.41, 5.74) is 0.269. The van der Waals surface area contributed by atoms with Crippen LogP contribution in [0.1, 0.15) is 15.9 Å². The molecule has 6 heteroatoms. The summed E-state index contributed by atoms with van der Waals surface area (Å²) in [7, 11) is 0. The lowest BCUT2D eigenvalue weighted by Crippen LogP contribution is -2.25. The van der Waals surface area contributed by atoms with Crippen LogP contribution in [-0.4, -0.2) is 17.4 Å². The summed E-state index contributed by atoms with van der Waals surface area (Å²) in [6.07, 6.45) is 0. The molecule has 0 atom stereocenters. The van der Waals surface area contributed by atoms with Crippen LogP contribution in [0.3, 0.4) is 0 Å². The van der Waals surface area contributed by atoms with E-state index in [4.69, 9.17) is 11.6 Å². The van der Waals surface area contributed by atoms with Gasteiger partial charge in [-0.05, 0) is 13.0 Å². The molecule has 5 nitrogen and oxygen atoms in total. The molecule has 0 unspecified atom stereocenters. The van der Waals surface area contributed by atoms with Crippen LogP contribution in [0.25, 0.3) is 0 Å². The molecule has 0 bridgehead atoms. The summed E-state index contributed by atoms with van der Waals surface area (Å²) in [5, 5.41) is 13.6. The molecule has 1 amide bonds. The Morgan fingerprint density at radius 3 is 2.76 bits per heavy atom. The van der Waals surface area contributed by atoms with E-state index in [1.54, 1.807) is 19.1 Å². The molecule has 90 valence electrons. The van der Waals surface area contributed by atoms with Crippen LogP contribution in [0.4, 0.5) is 5.69 Å². The first-order valence-electron chi connectivity index (χ1n) is 4.79. The van der Waals surface area contributed by atoms with E-state index in [0.717, 1.165) is 0 Å². The topological polar surface area (TPSA) is 72.2 Å². The monoisotopic (exact) mass is 254 g/mol. The maximum Gasteiger partial charge on any atom is 0.285 e. The number of carbonyl (C=O) groups excluding carboxylic acids is 1. The highest BCUT2D eigenvalue weighted by molar-refractivity contribution is 6.29. The second-order valence-electron chi connectivity index (χ2n) is 3.43. The first kappa shape index (κ1) is 13.2. The standard InChI is InChI=1S/C11H11ClN2O3/c1-7-4-3-5-9(10(7)14(16)17)11(15)13-6-8(2)12/h3-5H,2,6H2,1H3,(H,13,15). The fourth-order valence-electron chi connectivity index (χ4n) is 1.36. The molecule has 0 radical (unpaired) electrons. The van der Waals surface area contributed by atoms with Crippen LogP contribution in [0.5, 0.6) is 0 Å². The minimum atomic E-state index is -0.570. The van der Waals surface area contributed by atoms with E-state index in [0.29, 0.717) is 5.56 Å². The van der Waals surface area contributed by atoms with Crippen molar-refractivity contribution in [2.24, 2.45) is 0 Å². The highest BCUT2D eigenvalue weighted by Crippen LogP contribution is 2.22. The number of benzene rings is 1. The third kappa shape index (κ3) is 3.29. The van der Waals surface area contributed by atoms with Crippen molar-refractivity contribution in [1.82, 2.24) is 5.32 Å². The van der Waals surface area contributed by atoms with Crippen LogP contribution in [0.2, 0.25) is 0 Å². The normalized spacial score (nSPS) is 9.76. The zero-order chi connectivity index (χ0) is 13.0. The van der Waals surface area contributed by atoms with Gasteiger partial charge in [0.1, 0.15) is 5.56 Å². The minimum absolute atomic E-state index is 0.0212. The second kappa shape index (κ2) is 5.45. The summed E-state index contributed by atoms with van der Waals surface area (Å²) < 4.78 is 0. The molecule has 0 aliphatic carbocycles. The molecule has 0 spiro atoms. The third-order valence-corrected chi connectivity index (χ3v) is 2.24. The number of nitro groups is 1. The fraction of sp³-hybridized carbons (Fsp3) is 0.182. The lowest BCUT2D eigenvalue weighted by atomic mass is 10.1. The van der Waals surface area contributed by atoms with E-state index in [1.807, 2.05) is 0 Å². The van der Waals surface area contributed by atoms with E-state index in [1.165, 1.54) is 6.07 Å². The first-order chi connectivity index (χ1) is 7.93. The van der Waals surface area contributed by atoms with Gasteiger partial charge < -0.3 is 5.32 Å². The lowest BCUT2D eigenvalue weighted by molar-refractivity contribution is -0.385. The zero-order valence-electron chi connectivity index (χ0n) is 9.20. The zero-order valence-corrected chi connectivity index (χ0v) is 9.95. The first-order valence-corrected chi connectivity index (χ1v) is 5.16. The number of nitrogens with one attached hydrogen (secondary N) is 1. The minimum Gasteiger partial charge on any atom is -0.347 e. The molecule has 0 saturated carbocycles. The molecule has 0 fully saturated rings. The van der Waals surface area contributed by atoms with E-state index >= 15 is 0 Å². The number of nitrogens with zero attached hydrogens (tertiary/aromatic N) is 1. The molecule has 0 heterocycles. The Morgan fingerprint density at radius 1 is 1.59 bits per heavy atom. The smallest absolute Gasteiger partial charge is 0.285 e. The van der Waals surface area contributed by atoms with Crippen LogP contribution in [0.15, 0.2) is 29.8 Å². The van der Waals surface area contributed by atoms with Gasteiger partial charge in [0, 0.05) is 10.6 Å². The van der Waals surface area contributed by atoms with Crippen molar-refractivity contribution < 1.29 is 9.72 Å². The van der Waals surface area contributed by atoms with Crippen LogP contribution < -0.4 is 5.32 Å². The SMILES string of the molecule is C=C(Cl)CNC(=O)c1cccc(C)c1[N+](=O)[O-]. The number of nitro benzene ring substituents is 1. The van der Waals surface area contributed by atoms with Crippen LogP contribution >= 0.6 is 11.6 Å². The van der Waals surface area contributed by atoms with Crippen LogP contribution in [-0.2, 0) is 0 Å². The van der Waals surface area contributed by atoms with Crippen LogP contribution in [0, 0.1) is 17.0 Å². The van der Waals surface area contributed by atoms with Gasteiger partial charge in [-0.2, -0.15) is 0 Å². The summed E-state index contributed by atoms with van der Waals surface area (Å²) in [5.74, 6) is -0.540. The maximum absolute atomic E-state index is 11.7. The Balaban J connectivity index is 3.05. The third-order valence-electron chi connectivity index (χ3n) is 2.11. The van der Waals surface area contributed by atoms with Crippen molar-refractivity contribution in [1.29, 1.82) is 0 Å². The summed E-state index contributed by atoms with van der Waals surface area (Å²) in [6.45, 7) is 5.07. The molecule has 1 aromatic rings. The number of halogens is 1. The number of hydrogen-bond donors (Lipinski definition) is 1.